The van der Waals surface area contributed by atoms with E-state index in [1.807, 2.05) is 18.5 Å². The van der Waals surface area contributed by atoms with Crippen molar-refractivity contribution in [2.75, 3.05) is 19.7 Å². The average molecular weight is 351 g/mol. The van der Waals surface area contributed by atoms with Crippen LogP contribution in [0.1, 0.15) is 28.6 Å². The van der Waals surface area contributed by atoms with Crippen LogP contribution >= 0.6 is 22.7 Å². The summed E-state index contributed by atoms with van der Waals surface area (Å²) in [5.41, 5.74) is 1.02. The number of thiazole rings is 2. The van der Waals surface area contributed by atoms with Crippen LogP contribution < -0.4 is 0 Å². The molecule has 0 aromatic carbocycles. The molecule has 2 atom stereocenters. The summed E-state index contributed by atoms with van der Waals surface area (Å²) in [6.45, 7) is 6.33. The first kappa shape index (κ1) is 15.7. The maximum absolute atomic E-state index is 6.16. The summed E-state index contributed by atoms with van der Waals surface area (Å²) in [6.07, 6.45) is 4.15. The molecule has 4 rings (SSSR count). The molecular weight excluding hydrogens is 330 g/mol. The van der Waals surface area contributed by atoms with Crippen LogP contribution in [-0.2, 0) is 22.6 Å². The van der Waals surface area contributed by atoms with Crippen molar-refractivity contribution in [2.24, 2.45) is 0 Å². The second-order valence-electron chi connectivity index (χ2n) is 6.38. The van der Waals surface area contributed by atoms with Crippen LogP contribution in [0, 0.1) is 6.92 Å². The summed E-state index contributed by atoms with van der Waals surface area (Å²) in [4.78, 5) is 11.3. The van der Waals surface area contributed by atoms with Gasteiger partial charge in [-0.3, -0.25) is 4.90 Å². The molecule has 4 heterocycles. The molecule has 0 N–H and O–H groups in total. The van der Waals surface area contributed by atoms with Crippen LogP contribution in [0.15, 0.2) is 17.0 Å². The fraction of sp³-hybridized carbons (Fsp3) is 0.625. The van der Waals surface area contributed by atoms with Crippen LogP contribution in [0.25, 0.3) is 0 Å². The highest BCUT2D eigenvalue weighted by atomic mass is 32.1. The van der Waals surface area contributed by atoms with Crippen molar-refractivity contribution in [2.45, 2.75) is 44.6 Å². The lowest BCUT2D eigenvalue weighted by Crippen LogP contribution is -2.32. The lowest BCUT2D eigenvalue weighted by molar-refractivity contribution is -0.000751. The van der Waals surface area contributed by atoms with E-state index in [4.69, 9.17) is 9.47 Å². The SMILES string of the molecule is Cc1nc(CO[C@@H]2CO[C@]3(CCN(Cc4nccs4)C3)C2)cs1. The largest absolute Gasteiger partial charge is 0.371 e. The molecule has 0 amide bonds. The molecule has 0 radical (unpaired) electrons. The van der Waals surface area contributed by atoms with Gasteiger partial charge in [-0.15, -0.1) is 22.7 Å². The Morgan fingerprint density at radius 3 is 3.22 bits per heavy atom. The van der Waals surface area contributed by atoms with Gasteiger partial charge in [-0.1, -0.05) is 0 Å². The topological polar surface area (TPSA) is 47.5 Å². The number of ether oxygens (including phenoxy) is 2. The molecule has 2 aromatic rings. The summed E-state index contributed by atoms with van der Waals surface area (Å²) in [7, 11) is 0. The number of likely N-dealkylation sites (tertiary alicyclic amines) is 1. The molecule has 0 unspecified atom stereocenters. The minimum Gasteiger partial charge on any atom is -0.371 e. The summed E-state index contributed by atoms with van der Waals surface area (Å²) >= 11 is 3.40. The third kappa shape index (κ3) is 3.64. The van der Waals surface area contributed by atoms with Gasteiger partial charge in [0.1, 0.15) is 5.01 Å². The van der Waals surface area contributed by atoms with Crippen LogP contribution in [-0.4, -0.2) is 46.3 Å². The van der Waals surface area contributed by atoms with Crippen LogP contribution in [0.2, 0.25) is 0 Å². The molecule has 23 heavy (non-hydrogen) atoms. The number of hydrogen-bond donors (Lipinski definition) is 0. The third-order valence-electron chi connectivity index (χ3n) is 4.55. The highest BCUT2D eigenvalue weighted by Gasteiger charge is 2.45. The quantitative estimate of drug-likeness (QED) is 0.829. The van der Waals surface area contributed by atoms with E-state index in [2.05, 4.69) is 20.2 Å². The summed E-state index contributed by atoms with van der Waals surface area (Å²) in [5, 5.41) is 6.40. The van der Waals surface area contributed by atoms with E-state index in [1.54, 1.807) is 22.7 Å². The van der Waals surface area contributed by atoms with Crippen molar-refractivity contribution in [3.8, 4) is 0 Å². The third-order valence-corrected chi connectivity index (χ3v) is 6.13. The van der Waals surface area contributed by atoms with Gasteiger partial charge in [0.15, 0.2) is 0 Å². The molecule has 124 valence electrons. The molecule has 2 aliphatic heterocycles. The Morgan fingerprint density at radius 1 is 1.48 bits per heavy atom. The zero-order valence-electron chi connectivity index (χ0n) is 13.2. The van der Waals surface area contributed by atoms with Crippen LogP contribution in [0.5, 0.6) is 0 Å². The van der Waals surface area contributed by atoms with Crippen LogP contribution in [0.3, 0.4) is 0 Å². The first-order valence-corrected chi connectivity index (χ1v) is 9.74. The van der Waals surface area contributed by atoms with Crippen molar-refractivity contribution >= 4 is 22.7 Å². The number of hydrogen-bond acceptors (Lipinski definition) is 7. The van der Waals surface area contributed by atoms with Gasteiger partial charge in [-0.2, -0.15) is 0 Å². The van der Waals surface area contributed by atoms with Crippen LogP contribution in [0.4, 0.5) is 0 Å². The Balaban J connectivity index is 1.28. The molecule has 5 nitrogen and oxygen atoms in total. The smallest absolute Gasteiger partial charge is 0.107 e. The molecule has 2 aliphatic rings. The van der Waals surface area contributed by atoms with Gasteiger partial charge in [0.05, 0.1) is 42.2 Å². The van der Waals surface area contributed by atoms with Gasteiger partial charge in [-0.05, 0) is 13.3 Å². The van der Waals surface area contributed by atoms with Gasteiger partial charge < -0.3 is 9.47 Å². The number of aryl methyl sites for hydroxylation is 1. The first-order chi connectivity index (χ1) is 11.2. The van der Waals surface area contributed by atoms with Crippen molar-refractivity contribution in [1.29, 1.82) is 0 Å². The van der Waals surface area contributed by atoms with E-state index < -0.39 is 0 Å². The van der Waals surface area contributed by atoms with E-state index >= 15 is 0 Å². The van der Waals surface area contributed by atoms with Crippen molar-refractivity contribution in [3.05, 3.63) is 32.7 Å². The second-order valence-corrected chi connectivity index (χ2v) is 8.42. The zero-order chi connectivity index (χ0) is 15.7. The Morgan fingerprint density at radius 2 is 2.43 bits per heavy atom. The minimum absolute atomic E-state index is 0.0140. The standard InChI is InChI=1S/C16H21N3O2S2/c1-12-18-13(10-23-12)8-20-14-6-16(21-9-14)2-4-19(11-16)7-15-17-3-5-22-15/h3,5,10,14H,2,4,6-9,11H2,1H3/t14-,16+/m0/s1. The van der Waals surface area contributed by atoms with Gasteiger partial charge in [-0.25, -0.2) is 9.97 Å². The van der Waals surface area contributed by atoms with Gasteiger partial charge in [0.2, 0.25) is 0 Å². The molecule has 2 aromatic heterocycles. The minimum atomic E-state index is -0.0140. The summed E-state index contributed by atoms with van der Waals surface area (Å²) in [5.74, 6) is 0. The Labute approximate surface area is 144 Å². The maximum Gasteiger partial charge on any atom is 0.107 e. The maximum atomic E-state index is 6.16. The van der Waals surface area contributed by atoms with E-state index in [0.29, 0.717) is 13.2 Å². The molecule has 7 heteroatoms. The highest BCUT2D eigenvalue weighted by molar-refractivity contribution is 7.09. The number of aromatic nitrogens is 2. The number of nitrogens with zero attached hydrogens (tertiary/aromatic N) is 3. The van der Waals surface area contributed by atoms with E-state index in [9.17, 15) is 0 Å². The second kappa shape index (κ2) is 6.57. The summed E-state index contributed by atoms with van der Waals surface area (Å²) in [6, 6.07) is 0. The summed E-state index contributed by atoms with van der Waals surface area (Å²) < 4.78 is 12.2. The fourth-order valence-corrected chi connectivity index (χ4v) is 4.71. The fourth-order valence-electron chi connectivity index (χ4n) is 3.46. The first-order valence-electron chi connectivity index (χ1n) is 7.98. The van der Waals surface area contributed by atoms with Gasteiger partial charge >= 0.3 is 0 Å². The van der Waals surface area contributed by atoms with E-state index in [0.717, 1.165) is 43.2 Å². The Bertz CT molecular complexity index is 646. The molecule has 0 saturated carbocycles. The normalized spacial score (nSPS) is 28.1. The van der Waals surface area contributed by atoms with Crippen molar-refractivity contribution < 1.29 is 9.47 Å². The lowest BCUT2D eigenvalue weighted by atomic mass is 9.98. The monoisotopic (exact) mass is 351 g/mol. The van der Waals surface area contributed by atoms with E-state index in [1.165, 1.54) is 5.01 Å². The van der Waals surface area contributed by atoms with Crippen molar-refractivity contribution in [1.82, 2.24) is 14.9 Å². The van der Waals surface area contributed by atoms with Crippen molar-refractivity contribution in [3.63, 3.8) is 0 Å². The predicted molar refractivity (Wildman–Crippen MR) is 90.7 cm³/mol. The Kier molecular flexibility index (Phi) is 4.47. The number of rotatable bonds is 5. The Hall–Kier alpha value is -0.860. The van der Waals surface area contributed by atoms with Gasteiger partial charge in [0.25, 0.3) is 0 Å². The molecule has 1 spiro atoms. The molecule has 0 bridgehead atoms. The van der Waals surface area contributed by atoms with Gasteiger partial charge in [0, 0.05) is 36.5 Å². The lowest BCUT2D eigenvalue weighted by Gasteiger charge is -2.23. The molecule has 2 saturated heterocycles. The zero-order valence-corrected chi connectivity index (χ0v) is 14.9. The predicted octanol–water partition coefficient (Wildman–Crippen LogP) is 2.86. The highest BCUT2D eigenvalue weighted by Crippen LogP contribution is 2.37. The van der Waals surface area contributed by atoms with E-state index in [-0.39, 0.29) is 11.7 Å². The molecule has 2 fully saturated rings. The molecular formula is C16H21N3O2S2. The average Bonchev–Trinajstić information content (AvgIpc) is 3.29. The molecule has 0 aliphatic carbocycles.